The number of amides is 1. The van der Waals surface area contributed by atoms with E-state index in [2.05, 4.69) is 5.32 Å². The van der Waals surface area contributed by atoms with E-state index >= 15 is 0 Å². The molecule has 5 nitrogen and oxygen atoms in total. The Balaban J connectivity index is 1.86. The lowest BCUT2D eigenvalue weighted by molar-refractivity contribution is 0.0796. The highest BCUT2D eigenvalue weighted by Crippen LogP contribution is 2.27. The van der Waals surface area contributed by atoms with Crippen LogP contribution in [0, 0.1) is 12.7 Å². The van der Waals surface area contributed by atoms with Crippen molar-refractivity contribution in [3.8, 4) is 0 Å². The van der Waals surface area contributed by atoms with Crippen molar-refractivity contribution in [1.29, 1.82) is 0 Å². The molecule has 25 heavy (non-hydrogen) atoms. The largest absolute Gasteiger partial charge is 0.427 e. The van der Waals surface area contributed by atoms with E-state index in [0.717, 1.165) is 18.9 Å². The maximum Gasteiger partial charge on any atom is 0.349 e. The molecule has 1 N–H and O–H groups in total. The highest BCUT2D eigenvalue weighted by atomic mass is 35.5. The van der Waals surface area contributed by atoms with Gasteiger partial charge in [0.15, 0.2) is 0 Å². The third-order valence-electron chi connectivity index (χ3n) is 4.20. The van der Waals surface area contributed by atoms with Crippen molar-refractivity contribution in [3.63, 3.8) is 0 Å². The Morgan fingerprint density at radius 2 is 2.00 bits per heavy atom. The van der Waals surface area contributed by atoms with E-state index in [1.54, 1.807) is 13.0 Å². The molecule has 1 aliphatic heterocycles. The molecule has 0 saturated carbocycles. The third kappa shape index (κ3) is 3.91. The Morgan fingerprint density at radius 3 is 2.64 bits per heavy atom. The zero-order valence-corrected chi connectivity index (χ0v) is 14.4. The molecule has 0 aliphatic carbocycles. The SMILES string of the molecule is Cc1cc(C2CCOCC2)oc(=O)c1C(=O)Nc1ccc(Cl)cc1F. The smallest absolute Gasteiger partial charge is 0.349 e. The van der Waals surface area contributed by atoms with Crippen molar-refractivity contribution in [1.82, 2.24) is 0 Å². The van der Waals surface area contributed by atoms with Gasteiger partial charge in [-0.3, -0.25) is 4.79 Å². The average molecular weight is 366 g/mol. The highest BCUT2D eigenvalue weighted by Gasteiger charge is 2.23. The average Bonchev–Trinajstić information content (AvgIpc) is 2.57. The first-order valence-corrected chi connectivity index (χ1v) is 8.32. The number of carbonyl (C=O) groups excluding carboxylic acids is 1. The Hall–Kier alpha value is -2.18. The molecule has 1 aliphatic rings. The van der Waals surface area contributed by atoms with Crippen LogP contribution in [0.3, 0.4) is 0 Å². The predicted octanol–water partition coefficient (Wildman–Crippen LogP) is 3.89. The normalized spacial score (nSPS) is 15.2. The predicted molar refractivity (Wildman–Crippen MR) is 91.9 cm³/mol. The minimum Gasteiger partial charge on any atom is -0.427 e. The minimum absolute atomic E-state index is 0.0540. The van der Waals surface area contributed by atoms with Gasteiger partial charge in [0, 0.05) is 24.2 Å². The van der Waals surface area contributed by atoms with Crippen molar-refractivity contribution in [3.05, 3.63) is 62.4 Å². The Morgan fingerprint density at radius 1 is 1.28 bits per heavy atom. The number of hydrogen-bond acceptors (Lipinski definition) is 4. The summed E-state index contributed by atoms with van der Waals surface area (Å²) in [4.78, 5) is 24.7. The lowest BCUT2D eigenvalue weighted by Gasteiger charge is -2.21. The summed E-state index contributed by atoms with van der Waals surface area (Å²) in [6, 6.07) is 5.57. The number of ether oxygens (including phenoxy) is 1. The molecule has 7 heteroatoms. The second-order valence-electron chi connectivity index (χ2n) is 5.96. The first-order valence-electron chi connectivity index (χ1n) is 7.94. The number of anilines is 1. The van der Waals surface area contributed by atoms with Crippen LogP contribution in [0.15, 0.2) is 33.5 Å². The summed E-state index contributed by atoms with van der Waals surface area (Å²) in [5, 5.41) is 2.60. The zero-order chi connectivity index (χ0) is 18.0. The number of nitrogens with one attached hydrogen (secondary N) is 1. The number of rotatable bonds is 3. The minimum atomic E-state index is -0.728. The molecule has 0 bridgehead atoms. The van der Waals surface area contributed by atoms with Crippen LogP contribution in [-0.4, -0.2) is 19.1 Å². The van der Waals surface area contributed by atoms with Crippen LogP contribution in [0.5, 0.6) is 0 Å². The molecule has 1 saturated heterocycles. The van der Waals surface area contributed by atoms with Gasteiger partial charge in [-0.2, -0.15) is 0 Å². The summed E-state index contributed by atoms with van der Waals surface area (Å²) in [5.74, 6) is -0.737. The maximum atomic E-state index is 13.8. The van der Waals surface area contributed by atoms with Crippen LogP contribution in [0.2, 0.25) is 5.02 Å². The molecule has 0 unspecified atom stereocenters. The summed E-state index contributed by atoms with van der Waals surface area (Å²) in [6.45, 7) is 2.89. The van der Waals surface area contributed by atoms with Gasteiger partial charge in [0.25, 0.3) is 5.91 Å². The van der Waals surface area contributed by atoms with Crippen LogP contribution in [0.4, 0.5) is 10.1 Å². The summed E-state index contributed by atoms with van der Waals surface area (Å²) in [5.41, 5.74) is -0.426. The van der Waals surface area contributed by atoms with E-state index in [4.69, 9.17) is 20.8 Å². The molecule has 3 rings (SSSR count). The van der Waals surface area contributed by atoms with Crippen LogP contribution in [0.25, 0.3) is 0 Å². The monoisotopic (exact) mass is 365 g/mol. The fourth-order valence-corrected chi connectivity index (χ4v) is 3.02. The summed E-state index contributed by atoms with van der Waals surface area (Å²) in [6.07, 6.45) is 1.54. The van der Waals surface area contributed by atoms with Gasteiger partial charge in [0.1, 0.15) is 17.1 Å². The molecule has 1 amide bonds. The molecular formula is C18H17ClFNO4. The zero-order valence-electron chi connectivity index (χ0n) is 13.6. The van der Waals surface area contributed by atoms with Gasteiger partial charge in [-0.15, -0.1) is 0 Å². The van der Waals surface area contributed by atoms with E-state index in [0.29, 0.717) is 24.5 Å². The number of hydrogen-bond donors (Lipinski definition) is 1. The van der Waals surface area contributed by atoms with Gasteiger partial charge in [-0.25, -0.2) is 9.18 Å². The molecule has 0 atom stereocenters. The van der Waals surface area contributed by atoms with E-state index in [-0.39, 0.29) is 22.2 Å². The summed E-state index contributed by atoms with van der Waals surface area (Å²) >= 11 is 5.69. The maximum absolute atomic E-state index is 13.8. The molecule has 132 valence electrons. The van der Waals surface area contributed by atoms with Crippen molar-refractivity contribution in [2.45, 2.75) is 25.7 Å². The highest BCUT2D eigenvalue weighted by molar-refractivity contribution is 6.30. The Bertz CT molecular complexity index is 859. The first kappa shape index (κ1) is 17.6. The lowest BCUT2D eigenvalue weighted by atomic mass is 9.95. The number of halogens is 2. The number of aryl methyl sites for hydroxylation is 1. The molecule has 1 aromatic carbocycles. The van der Waals surface area contributed by atoms with Crippen molar-refractivity contribution < 1.29 is 18.3 Å². The van der Waals surface area contributed by atoms with Crippen molar-refractivity contribution >= 4 is 23.2 Å². The third-order valence-corrected chi connectivity index (χ3v) is 4.43. The van der Waals surface area contributed by atoms with Gasteiger partial charge in [-0.1, -0.05) is 11.6 Å². The Kier molecular flexibility index (Phi) is 5.20. The molecular weight excluding hydrogens is 349 g/mol. The fraction of sp³-hybridized carbons (Fsp3) is 0.333. The molecule has 0 radical (unpaired) electrons. The molecule has 1 fully saturated rings. The summed E-state index contributed by atoms with van der Waals surface area (Å²) in [7, 11) is 0. The molecule has 1 aromatic heterocycles. The van der Waals surface area contributed by atoms with E-state index in [9.17, 15) is 14.0 Å². The number of benzene rings is 1. The van der Waals surface area contributed by atoms with Gasteiger partial charge in [0.2, 0.25) is 0 Å². The van der Waals surface area contributed by atoms with Crippen LogP contribution >= 0.6 is 11.6 Å². The second-order valence-corrected chi connectivity index (χ2v) is 6.40. The fourth-order valence-electron chi connectivity index (χ4n) is 2.86. The molecule has 2 aromatic rings. The standard InChI is InChI=1S/C18H17ClFNO4/c1-10-8-15(11-4-6-24-7-5-11)25-18(23)16(10)17(22)21-14-3-2-12(19)9-13(14)20/h2-3,8-9,11H,4-7H2,1H3,(H,21,22). The second kappa shape index (κ2) is 7.37. The topological polar surface area (TPSA) is 68.5 Å². The number of carbonyl (C=O) groups is 1. The van der Waals surface area contributed by atoms with Crippen LogP contribution in [-0.2, 0) is 4.74 Å². The quantitative estimate of drug-likeness (QED) is 0.896. The van der Waals surface area contributed by atoms with Crippen molar-refractivity contribution in [2.75, 3.05) is 18.5 Å². The first-order chi connectivity index (χ1) is 12.0. The van der Waals surface area contributed by atoms with E-state index < -0.39 is 17.3 Å². The van der Waals surface area contributed by atoms with Crippen LogP contribution < -0.4 is 10.9 Å². The molecule has 0 spiro atoms. The van der Waals surface area contributed by atoms with Crippen molar-refractivity contribution in [2.24, 2.45) is 0 Å². The van der Waals surface area contributed by atoms with Gasteiger partial charge < -0.3 is 14.5 Å². The lowest BCUT2D eigenvalue weighted by Crippen LogP contribution is -2.24. The summed E-state index contributed by atoms with van der Waals surface area (Å²) < 4.78 is 24.5. The van der Waals surface area contributed by atoms with E-state index in [1.807, 2.05) is 0 Å². The Labute approximate surface area is 148 Å². The van der Waals surface area contributed by atoms with Gasteiger partial charge in [-0.05, 0) is 49.6 Å². The van der Waals surface area contributed by atoms with E-state index in [1.165, 1.54) is 12.1 Å². The molecule has 2 heterocycles. The van der Waals surface area contributed by atoms with Crippen LogP contribution in [0.1, 0.15) is 40.4 Å². The van der Waals surface area contributed by atoms with Gasteiger partial charge in [0.05, 0.1) is 5.69 Å². The van der Waals surface area contributed by atoms with Gasteiger partial charge >= 0.3 is 5.63 Å².